The third-order valence-corrected chi connectivity index (χ3v) is 3.06. The molecule has 0 heterocycles. The van der Waals surface area contributed by atoms with E-state index in [-0.39, 0.29) is 6.61 Å². The maximum absolute atomic E-state index is 12.0. The van der Waals surface area contributed by atoms with Crippen LogP contribution in [0.25, 0.3) is 0 Å². The van der Waals surface area contributed by atoms with E-state index in [4.69, 9.17) is 0 Å². The Morgan fingerprint density at radius 3 is 1.95 bits per heavy atom. The molecule has 3 N–H and O–H groups in total. The third kappa shape index (κ3) is 3.44. The van der Waals surface area contributed by atoms with Gasteiger partial charge in [0.05, 0.1) is 12.6 Å². The highest BCUT2D eigenvalue weighted by molar-refractivity contribution is 5.82. The van der Waals surface area contributed by atoms with Crippen molar-refractivity contribution < 1.29 is 15.0 Å². The molecule has 2 aromatic rings. The number of carbonyl (C=O) groups is 1. The van der Waals surface area contributed by atoms with Crippen LogP contribution in [0, 0.1) is 0 Å². The standard InChI is InChI=1S/C16H17NO3/c18-11-14(12-7-3-1-4-8-12)17-16(20)15(19)13-9-5-2-6-10-13/h1-10,14-15,18-19H,11H2,(H,17,20)/t14-,15+/m1/s1. The highest BCUT2D eigenvalue weighted by Crippen LogP contribution is 2.16. The van der Waals surface area contributed by atoms with E-state index in [0.717, 1.165) is 5.56 Å². The zero-order valence-corrected chi connectivity index (χ0v) is 10.9. The van der Waals surface area contributed by atoms with Crippen LogP contribution in [0.15, 0.2) is 60.7 Å². The Labute approximate surface area is 117 Å². The molecule has 0 spiro atoms. The molecule has 0 aromatic heterocycles. The molecular formula is C16H17NO3. The lowest BCUT2D eigenvalue weighted by Gasteiger charge is -2.19. The number of hydrogen-bond donors (Lipinski definition) is 3. The quantitative estimate of drug-likeness (QED) is 0.773. The van der Waals surface area contributed by atoms with E-state index < -0.39 is 18.1 Å². The van der Waals surface area contributed by atoms with Gasteiger partial charge in [0, 0.05) is 0 Å². The zero-order valence-electron chi connectivity index (χ0n) is 10.9. The lowest BCUT2D eigenvalue weighted by Crippen LogP contribution is -2.34. The van der Waals surface area contributed by atoms with Crippen LogP contribution in [0.1, 0.15) is 23.3 Å². The molecule has 0 aliphatic carbocycles. The van der Waals surface area contributed by atoms with Gasteiger partial charge in [-0.1, -0.05) is 60.7 Å². The Bertz CT molecular complexity index is 542. The van der Waals surface area contributed by atoms with Gasteiger partial charge in [0.25, 0.3) is 5.91 Å². The van der Waals surface area contributed by atoms with Crippen LogP contribution >= 0.6 is 0 Å². The van der Waals surface area contributed by atoms with Gasteiger partial charge in [-0.3, -0.25) is 4.79 Å². The van der Waals surface area contributed by atoms with E-state index in [9.17, 15) is 15.0 Å². The van der Waals surface area contributed by atoms with Crippen molar-refractivity contribution in [2.45, 2.75) is 12.1 Å². The molecule has 0 aliphatic rings. The van der Waals surface area contributed by atoms with E-state index in [1.54, 1.807) is 24.3 Å². The van der Waals surface area contributed by atoms with Crippen LogP contribution in [0.5, 0.6) is 0 Å². The summed E-state index contributed by atoms with van der Waals surface area (Å²) in [4.78, 5) is 12.0. The number of aliphatic hydroxyl groups is 2. The summed E-state index contributed by atoms with van der Waals surface area (Å²) in [5.41, 5.74) is 1.32. The summed E-state index contributed by atoms with van der Waals surface area (Å²) in [6, 6.07) is 17.3. The van der Waals surface area contributed by atoms with E-state index in [1.807, 2.05) is 36.4 Å². The van der Waals surface area contributed by atoms with Gasteiger partial charge in [-0.15, -0.1) is 0 Å². The second kappa shape index (κ2) is 6.84. The maximum atomic E-state index is 12.0. The molecule has 0 unspecified atom stereocenters. The first kappa shape index (κ1) is 14.2. The largest absolute Gasteiger partial charge is 0.394 e. The Balaban J connectivity index is 2.06. The number of aliphatic hydroxyl groups excluding tert-OH is 2. The third-order valence-electron chi connectivity index (χ3n) is 3.06. The van der Waals surface area contributed by atoms with Crippen molar-refractivity contribution in [3.05, 3.63) is 71.8 Å². The molecule has 2 aromatic carbocycles. The summed E-state index contributed by atoms with van der Waals surface area (Å²) in [5, 5.41) is 22.0. The van der Waals surface area contributed by atoms with Crippen molar-refractivity contribution in [1.29, 1.82) is 0 Å². The number of benzene rings is 2. The highest BCUT2D eigenvalue weighted by atomic mass is 16.3. The van der Waals surface area contributed by atoms with Gasteiger partial charge in [0.2, 0.25) is 0 Å². The van der Waals surface area contributed by atoms with Crippen molar-refractivity contribution in [3.8, 4) is 0 Å². The van der Waals surface area contributed by atoms with Crippen LogP contribution in [0.3, 0.4) is 0 Å². The topological polar surface area (TPSA) is 69.6 Å². The van der Waals surface area contributed by atoms with E-state index in [1.165, 1.54) is 0 Å². The summed E-state index contributed by atoms with van der Waals surface area (Å²) in [6.07, 6.45) is -1.24. The molecule has 0 saturated carbocycles. The number of nitrogens with one attached hydrogen (secondary N) is 1. The lowest BCUT2D eigenvalue weighted by atomic mass is 10.1. The zero-order chi connectivity index (χ0) is 14.4. The molecule has 104 valence electrons. The minimum Gasteiger partial charge on any atom is -0.394 e. The summed E-state index contributed by atoms with van der Waals surface area (Å²) in [5.74, 6) is -0.529. The smallest absolute Gasteiger partial charge is 0.254 e. The van der Waals surface area contributed by atoms with Gasteiger partial charge in [-0.05, 0) is 11.1 Å². The monoisotopic (exact) mass is 271 g/mol. The summed E-state index contributed by atoms with van der Waals surface area (Å²) >= 11 is 0. The van der Waals surface area contributed by atoms with Gasteiger partial charge in [-0.25, -0.2) is 0 Å². The van der Waals surface area contributed by atoms with Crippen LogP contribution in [-0.2, 0) is 4.79 Å². The maximum Gasteiger partial charge on any atom is 0.254 e. The fourth-order valence-electron chi connectivity index (χ4n) is 1.96. The Morgan fingerprint density at radius 2 is 1.45 bits per heavy atom. The van der Waals surface area contributed by atoms with Crippen molar-refractivity contribution >= 4 is 5.91 Å². The van der Waals surface area contributed by atoms with E-state index >= 15 is 0 Å². The summed E-state index contributed by atoms with van der Waals surface area (Å²) < 4.78 is 0. The van der Waals surface area contributed by atoms with Gasteiger partial charge < -0.3 is 15.5 Å². The first-order chi connectivity index (χ1) is 9.72. The second-order valence-electron chi connectivity index (χ2n) is 4.47. The predicted octanol–water partition coefficient (Wildman–Crippen LogP) is 1.57. The van der Waals surface area contributed by atoms with Gasteiger partial charge in [0.15, 0.2) is 6.10 Å². The van der Waals surface area contributed by atoms with Crippen LogP contribution in [0.2, 0.25) is 0 Å². The van der Waals surface area contributed by atoms with E-state index in [0.29, 0.717) is 5.56 Å². The number of amides is 1. The molecule has 1 amide bonds. The summed E-state index contributed by atoms with van der Waals surface area (Å²) in [7, 11) is 0. The molecule has 20 heavy (non-hydrogen) atoms. The molecule has 2 atom stereocenters. The van der Waals surface area contributed by atoms with Crippen LogP contribution in [0.4, 0.5) is 0 Å². The fraction of sp³-hybridized carbons (Fsp3) is 0.188. The Morgan fingerprint density at radius 1 is 0.950 bits per heavy atom. The average Bonchev–Trinajstić information content (AvgIpc) is 2.53. The summed E-state index contributed by atoms with van der Waals surface area (Å²) in [6.45, 7) is -0.225. The molecule has 2 rings (SSSR count). The molecule has 4 heteroatoms. The average molecular weight is 271 g/mol. The number of carbonyl (C=O) groups excluding carboxylic acids is 1. The first-order valence-electron chi connectivity index (χ1n) is 6.41. The molecular weight excluding hydrogens is 254 g/mol. The van der Waals surface area contributed by atoms with Crippen molar-refractivity contribution in [2.75, 3.05) is 6.61 Å². The predicted molar refractivity (Wildman–Crippen MR) is 75.8 cm³/mol. The SMILES string of the molecule is O=C(N[C@H](CO)c1ccccc1)[C@@H](O)c1ccccc1. The molecule has 0 radical (unpaired) electrons. The van der Waals surface area contributed by atoms with E-state index in [2.05, 4.69) is 5.32 Å². The van der Waals surface area contributed by atoms with Gasteiger partial charge in [0.1, 0.15) is 0 Å². The van der Waals surface area contributed by atoms with Crippen molar-refractivity contribution in [3.63, 3.8) is 0 Å². The van der Waals surface area contributed by atoms with Gasteiger partial charge in [-0.2, -0.15) is 0 Å². The van der Waals surface area contributed by atoms with Crippen LogP contribution < -0.4 is 5.32 Å². The molecule has 4 nitrogen and oxygen atoms in total. The Kier molecular flexibility index (Phi) is 4.87. The first-order valence-corrected chi connectivity index (χ1v) is 6.41. The Hall–Kier alpha value is -2.17. The van der Waals surface area contributed by atoms with Gasteiger partial charge >= 0.3 is 0 Å². The molecule has 0 aliphatic heterocycles. The number of hydrogen-bond acceptors (Lipinski definition) is 3. The number of rotatable bonds is 5. The fourth-order valence-corrected chi connectivity index (χ4v) is 1.96. The lowest BCUT2D eigenvalue weighted by molar-refractivity contribution is -0.130. The van der Waals surface area contributed by atoms with Crippen molar-refractivity contribution in [2.24, 2.45) is 0 Å². The second-order valence-corrected chi connectivity index (χ2v) is 4.47. The highest BCUT2D eigenvalue weighted by Gasteiger charge is 2.21. The molecule has 0 bridgehead atoms. The molecule has 0 fully saturated rings. The molecule has 0 saturated heterocycles. The minimum absolute atomic E-state index is 0.225. The normalized spacial score (nSPS) is 13.5. The minimum atomic E-state index is -1.24. The van der Waals surface area contributed by atoms with Crippen LogP contribution in [-0.4, -0.2) is 22.7 Å². The van der Waals surface area contributed by atoms with Crippen molar-refractivity contribution in [1.82, 2.24) is 5.32 Å².